The molecule has 0 spiro atoms. The lowest BCUT2D eigenvalue weighted by Gasteiger charge is -1.96. The Bertz CT molecular complexity index is 507. The van der Waals surface area contributed by atoms with Gasteiger partial charge in [-0.15, -0.1) is 0 Å². The van der Waals surface area contributed by atoms with Gasteiger partial charge in [-0.1, -0.05) is 0 Å². The number of hydrogen-bond donors (Lipinski definition) is 1. The Balaban J connectivity index is 2.42. The van der Waals surface area contributed by atoms with E-state index < -0.39 is 11.8 Å². The van der Waals surface area contributed by atoms with Crippen molar-refractivity contribution in [3.8, 4) is 0 Å². The number of aromatic nitrogens is 2. The van der Waals surface area contributed by atoms with Gasteiger partial charge in [0.15, 0.2) is 0 Å². The molecule has 15 heavy (non-hydrogen) atoms. The number of H-pyrrole nitrogens is 1. The molecule has 0 fully saturated rings. The quantitative estimate of drug-likeness (QED) is 0.766. The first-order valence-corrected chi connectivity index (χ1v) is 4.52. The molecule has 0 saturated carbocycles. The zero-order valence-electron chi connectivity index (χ0n) is 8.08. The Morgan fingerprint density at radius 1 is 1.60 bits per heavy atom. The number of pyridine rings is 1. The number of halogens is 1. The number of esters is 1. The zero-order valence-corrected chi connectivity index (χ0v) is 8.08. The van der Waals surface area contributed by atoms with Gasteiger partial charge >= 0.3 is 5.97 Å². The van der Waals surface area contributed by atoms with Crippen molar-refractivity contribution in [1.29, 1.82) is 0 Å². The van der Waals surface area contributed by atoms with E-state index in [0.29, 0.717) is 17.6 Å². The van der Waals surface area contributed by atoms with Crippen LogP contribution in [-0.2, 0) is 4.74 Å². The second kappa shape index (κ2) is 3.68. The molecule has 0 aliphatic carbocycles. The van der Waals surface area contributed by atoms with Crippen molar-refractivity contribution in [1.82, 2.24) is 9.97 Å². The number of hydrogen-bond acceptors (Lipinski definition) is 3. The van der Waals surface area contributed by atoms with Crippen LogP contribution in [-0.4, -0.2) is 22.5 Å². The first-order valence-electron chi connectivity index (χ1n) is 4.52. The van der Waals surface area contributed by atoms with Gasteiger partial charge in [0, 0.05) is 6.07 Å². The highest BCUT2D eigenvalue weighted by molar-refractivity contribution is 5.93. The SMILES string of the molecule is CCOC(=O)c1cc2ncc(F)cc2[nH]1. The predicted octanol–water partition coefficient (Wildman–Crippen LogP) is 1.88. The monoisotopic (exact) mass is 208 g/mol. The van der Waals surface area contributed by atoms with Crippen molar-refractivity contribution in [2.75, 3.05) is 6.61 Å². The van der Waals surface area contributed by atoms with Crippen LogP contribution in [0, 0.1) is 5.82 Å². The minimum atomic E-state index is -0.462. The molecular formula is C10H9FN2O2. The summed E-state index contributed by atoms with van der Waals surface area (Å²) >= 11 is 0. The molecule has 2 aromatic heterocycles. The molecule has 2 heterocycles. The van der Waals surface area contributed by atoms with Gasteiger partial charge in [0.25, 0.3) is 0 Å². The Morgan fingerprint density at radius 3 is 3.13 bits per heavy atom. The van der Waals surface area contributed by atoms with Crippen LogP contribution in [0.1, 0.15) is 17.4 Å². The highest BCUT2D eigenvalue weighted by atomic mass is 19.1. The number of nitrogens with zero attached hydrogens (tertiary/aromatic N) is 1. The van der Waals surface area contributed by atoms with Crippen molar-refractivity contribution in [2.24, 2.45) is 0 Å². The second-order valence-electron chi connectivity index (χ2n) is 2.99. The van der Waals surface area contributed by atoms with E-state index in [0.717, 1.165) is 6.20 Å². The number of fused-ring (bicyclic) bond motifs is 1. The molecule has 0 atom stereocenters. The summed E-state index contributed by atoms with van der Waals surface area (Å²) < 4.78 is 17.6. The molecule has 2 rings (SSSR count). The smallest absolute Gasteiger partial charge is 0.354 e. The fraction of sp³-hybridized carbons (Fsp3) is 0.200. The molecule has 0 saturated heterocycles. The lowest BCUT2D eigenvalue weighted by atomic mass is 10.3. The summed E-state index contributed by atoms with van der Waals surface area (Å²) in [6.07, 6.45) is 1.10. The largest absolute Gasteiger partial charge is 0.461 e. The van der Waals surface area contributed by atoms with Gasteiger partial charge in [-0.3, -0.25) is 4.98 Å². The summed E-state index contributed by atoms with van der Waals surface area (Å²) in [6, 6.07) is 2.82. The van der Waals surface area contributed by atoms with E-state index in [9.17, 15) is 9.18 Å². The molecule has 1 N–H and O–H groups in total. The fourth-order valence-electron chi connectivity index (χ4n) is 1.30. The first kappa shape index (κ1) is 9.64. The molecule has 4 nitrogen and oxygen atoms in total. The van der Waals surface area contributed by atoms with Crippen molar-refractivity contribution in [3.05, 3.63) is 29.8 Å². The maximum Gasteiger partial charge on any atom is 0.354 e. The van der Waals surface area contributed by atoms with E-state index in [-0.39, 0.29) is 5.69 Å². The van der Waals surface area contributed by atoms with Crippen molar-refractivity contribution in [2.45, 2.75) is 6.92 Å². The van der Waals surface area contributed by atoms with Crippen LogP contribution in [0.3, 0.4) is 0 Å². The summed E-state index contributed by atoms with van der Waals surface area (Å²) in [5.74, 6) is -0.907. The molecule has 0 aromatic carbocycles. The fourth-order valence-corrected chi connectivity index (χ4v) is 1.30. The molecule has 0 aliphatic heterocycles. The van der Waals surface area contributed by atoms with Crippen LogP contribution >= 0.6 is 0 Å². The van der Waals surface area contributed by atoms with E-state index in [4.69, 9.17) is 4.74 Å². The van der Waals surface area contributed by atoms with Crippen LogP contribution < -0.4 is 0 Å². The van der Waals surface area contributed by atoms with Crippen molar-refractivity contribution in [3.63, 3.8) is 0 Å². The third-order valence-corrected chi connectivity index (χ3v) is 1.93. The molecular weight excluding hydrogens is 199 g/mol. The average molecular weight is 208 g/mol. The Kier molecular flexibility index (Phi) is 2.37. The molecule has 0 radical (unpaired) electrons. The van der Waals surface area contributed by atoms with Crippen LogP contribution in [0.5, 0.6) is 0 Å². The van der Waals surface area contributed by atoms with Crippen LogP contribution in [0.15, 0.2) is 18.3 Å². The molecule has 0 unspecified atom stereocenters. The van der Waals surface area contributed by atoms with Crippen LogP contribution in [0.4, 0.5) is 4.39 Å². The van der Waals surface area contributed by atoms with E-state index >= 15 is 0 Å². The van der Waals surface area contributed by atoms with E-state index in [1.54, 1.807) is 6.92 Å². The second-order valence-corrected chi connectivity index (χ2v) is 2.99. The number of aromatic amines is 1. The zero-order chi connectivity index (χ0) is 10.8. The normalized spacial score (nSPS) is 10.5. The molecule has 2 aromatic rings. The summed E-state index contributed by atoms with van der Waals surface area (Å²) in [5.41, 5.74) is 1.31. The standard InChI is InChI=1S/C10H9FN2O2/c1-2-15-10(14)9-4-7-8(13-9)3-6(11)5-12-7/h3-5,13H,2H2,1H3. The molecule has 0 amide bonds. The van der Waals surface area contributed by atoms with Crippen molar-refractivity contribution < 1.29 is 13.9 Å². The lowest BCUT2D eigenvalue weighted by molar-refractivity contribution is 0.0520. The number of carbonyl (C=O) groups is 1. The number of carbonyl (C=O) groups excluding carboxylic acids is 1. The van der Waals surface area contributed by atoms with Crippen LogP contribution in [0.25, 0.3) is 11.0 Å². The van der Waals surface area contributed by atoms with E-state index in [1.807, 2.05) is 0 Å². The third kappa shape index (κ3) is 1.81. The van der Waals surface area contributed by atoms with Gasteiger partial charge in [-0.25, -0.2) is 9.18 Å². The number of nitrogens with one attached hydrogen (secondary N) is 1. The molecule has 0 aliphatic rings. The van der Waals surface area contributed by atoms with Gasteiger partial charge in [0.05, 0.1) is 23.8 Å². The summed E-state index contributed by atoms with van der Waals surface area (Å²) in [7, 11) is 0. The highest BCUT2D eigenvalue weighted by Gasteiger charge is 2.10. The Labute approximate surface area is 85.1 Å². The van der Waals surface area contributed by atoms with Gasteiger partial charge in [0.1, 0.15) is 11.5 Å². The van der Waals surface area contributed by atoms with E-state index in [2.05, 4.69) is 9.97 Å². The van der Waals surface area contributed by atoms with E-state index in [1.165, 1.54) is 12.1 Å². The van der Waals surface area contributed by atoms with Gasteiger partial charge < -0.3 is 9.72 Å². The third-order valence-electron chi connectivity index (χ3n) is 1.93. The predicted molar refractivity (Wildman–Crippen MR) is 52.0 cm³/mol. The van der Waals surface area contributed by atoms with Gasteiger partial charge in [0.2, 0.25) is 0 Å². The van der Waals surface area contributed by atoms with Gasteiger partial charge in [-0.2, -0.15) is 0 Å². The topological polar surface area (TPSA) is 55.0 Å². The first-order chi connectivity index (χ1) is 7.20. The maximum absolute atomic E-state index is 12.8. The minimum absolute atomic E-state index is 0.282. The Morgan fingerprint density at radius 2 is 2.40 bits per heavy atom. The maximum atomic E-state index is 12.8. The number of rotatable bonds is 2. The van der Waals surface area contributed by atoms with Crippen molar-refractivity contribution >= 4 is 17.0 Å². The summed E-state index contributed by atoms with van der Waals surface area (Å²) in [6.45, 7) is 2.02. The number of ether oxygens (including phenoxy) is 1. The molecule has 78 valence electrons. The van der Waals surface area contributed by atoms with Gasteiger partial charge in [-0.05, 0) is 13.0 Å². The minimum Gasteiger partial charge on any atom is -0.461 e. The summed E-state index contributed by atoms with van der Waals surface area (Å²) in [5, 5.41) is 0. The molecule has 5 heteroatoms. The average Bonchev–Trinajstić information content (AvgIpc) is 2.60. The molecule has 0 bridgehead atoms. The lowest BCUT2D eigenvalue weighted by Crippen LogP contribution is -2.04. The highest BCUT2D eigenvalue weighted by Crippen LogP contribution is 2.14. The Hall–Kier alpha value is -1.91. The van der Waals surface area contributed by atoms with Crippen LogP contribution in [0.2, 0.25) is 0 Å². The summed E-state index contributed by atoms with van der Waals surface area (Å²) in [4.78, 5) is 17.9.